The molecule has 4 aromatic rings. The van der Waals surface area contributed by atoms with Gasteiger partial charge in [0.05, 0.1) is 25.4 Å². The highest BCUT2D eigenvalue weighted by Crippen LogP contribution is 2.41. The van der Waals surface area contributed by atoms with Gasteiger partial charge in [-0.25, -0.2) is 17.6 Å². The third-order valence-corrected chi connectivity index (χ3v) is 12.0. The summed E-state index contributed by atoms with van der Waals surface area (Å²) < 4.78 is 69.2. The summed E-state index contributed by atoms with van der Waals surface area (Å²) in [4.78, 5) is 0. The molecular weight excluding hydrogens is 771 g/mol. The molecule has 2 saturated heterocycles. The standard InChI is InChI=1S/C22H24F2O.C16H21BrO.C6H4BF2O2.CH4/c23-20-11-19(12-21(24)13-20)16-5-7-17(8-6-16)22-10-9-18(14-25-22)15-3-1-2-4-15;17-15-8-5-13(6-9-15)16-10-7-14(11-18-16)12-3-1-2-4-12;8-4-1-5(9)3-6(2-4)11-7-10;/h5-8,11-13,15,18,22H,1-4,9-10,14H2;5-6,8-9,12,14,16H,1-4,7,10-11H2;1-3,10H;1H4. The predicted octanol–water partition coefficient (Wildman–Crippen LogP) is 12.9. The first-order chi connectivity index (χ1) is 26.2. The first kappa shape index (κ1) is 43.0. The molecule has 295 valence electrons. The average molecular weight is 825 g/mol. The van der Waals surface area contributed by atoms with E-state index in [1.165, 1.54) is 88.3 Å². The molecule has 1 radical (unpaired) electrons. The van der Waals surface area contributed by atoms with E-state index in [1.54, 1.807) is 0 Å². The van der Waals surface area contributed by atoms with Crippen LogP contribution in [0.15, 0.2) is 89.4 Å². The van der Waals surface area contributed by atoms with Gasteiger partial charge in [0.25, 0.3) is 0 Å². The van der Waals surface area contributed by atoms with E-state index >= 15 is 0 Å². The van der Waals surface area contributed by atoms with Crippen molar-refractivity contribution in [3.8, 4) is 16.9 Å². The minimum Gasteiger partial charge on any atom is -0.537 e. The molecule has 4 aliphatic rings. The Hall–Kier alpha value is -3.18. The second-order valence-electron chi connectivity index (χ2n) is 15.1. The van der Waals surface area contributed by atoms with E-state index in [-0.39, 0.29) is 19.3 Å². The molecule has 4 nitrogen and oxygen atoms in total. The van der Waals surface area contributed by atoms with Crippen molar-refractivity contribution in [1.29, 1.82) is 0 Å². The van der Waals surface area contributed by atoms with Crippen molar-refractivity contribution in [3.05, 3.63) is 124 Å². The summed E-state index contributed by atoms with van der Waals surface area (Å²) in [7, 11) is 0.355. The molecule has 2 saturated carbocycles. The van der Waals surface area contributed by atoms with Crippen LogP contribution in [0.4, 0.5) is 17.6 Å². The Kier molecular flexibility index (Phi) is 16.7. The van der Waals surface area contributed by atoms with Crippen molar-refractivity contribution in [2.75, 3.05) is 13.2 Å². The van der Waals surface area contributed by atoms with Gasteiger partial charge in [0.15, 0.2) is 0 Å². The van der Waals surface area contributed by atoms with Gasteiger partial charge in [-0.05, 0) is 95.9 Å². The van der Waals surface area contributed by atoms with E-state index in [9.17, 15) is 17.6 Å². The van der Waals surface area contributed by atoms with Crippen LogP contribution in [0.5, 0.6) is 5.75 Å². The van der Waals surface area contributed by atoms with E-state index < -0.39 is 23.3 Å². The Morgan fingerprint density at radius 3 is 1.35 bits per heavy atom. The molecule has 8 rings (SSSR count). The van der Waals surface area contributed by atoms with Gasteiger partial charge < -0.3 is 19.2 Å². The number of hydrogen-bond acceptors (Lipinski definition) is 4. The zero-order valence-electron chi connectivity index (χ0n) is 30.6. The fourth-order valence-corrected chi connectivity index (χ4v) is 8.88. The molecule has 2 aliphatic heterocycles. The maximum absolute atomic E-state index is 13.4. The van der Waals surface area contributed by atoms with Crippen molar-refractivity contribution in [2.45, 2.75) is 96.7 Å². The molecule has 4 atom stereocenters. The van der Waals surface area contributed by atoms with Crippen molar-refractivity contribution >= 4 is 23.6 Å². The molecule has 0 amide bonds. The lowest BCUT2D eigenvalue weighted by Crippen LogP contribution is -2.25. The summed E-state index contributed by atoms with van der Waals surface area (Å²) >= 11 is 3.48. The van der Waals surface area contributed by atoms with Crippen molar-refractivity contribution in [1.82, 2.24) is 0 Å². The molecule has 0 spiro atoms. The highest BCUT2D eigenvalue weighted by atomic mass is 79.9. The summed E-state index contributed by atoms with van der Waals surface area (Å²) in [6.45, 7) is 1.84. The van der Waals surface area contributed by atoms with Gasteiger partial charge in [-0.2, -0.15) is 0 Å². The lowest BCUT2D eigenvalue weighted by molar-refractivity contribution is -0.0329. The molecule has 2 aliphatic carbocycles. The van der Waals surface area contributed by atoms with Gasteiger partial charge in [0.2, 0.25) is 0 Å². The fourth-order valence-electron chi connectivity index (χ4n) is 8.62. The molecule has 4 fully saturated rings. The highest BCUT2D eigenvalue weighted by molar-refractivity contribution is 9.10. The average Bonchev–Trinajstić information content (AvgIpc) is 3.92. The number of benzene rings is 4. The van der Waals surface area contributed by atoms with E-state index in [1.807, 2.05) is 24.3 Å². The summed E-state index contributed by atoms with van der Waals surface area (Å²) in [5.74, 6) is 0.712. The number of rotatable bonds is 7. The van der Waals surface area contributed by atoms with Crippen LogP contribution in [-0.2, 0) is 9.47 Å². The van der Waals surface area contributed by atoms with Crippen LogP contribution in [0.1, 0.15) is 108 Å². The summed E-state index contributed by atoms with van der Waals surface area (Å²) in [6.07, 6.45) is 16.6. The maximum Gasteiger partial charge on any atom is 0.569 e. The maximum atomic E-state index is 13.4. The molecule has 4 unspecified atom stereocenters. The van der Waals surface area contributed by atoms with Gasteiger partial charge >= 0.3 is 7.69 Å². The first-order valence-corrected chi connectivity index (χ1v) is 20.2. The molecule has 1 N–H and O–H groups in total. The predicted molar refractivity (Wildman–Crippen MR) is 214 cm³/mol. The van der Waals surface area contributed by atoms with E-state index in [0.717, 1.165) is 77.1 Å². The number of hydrogen-bond donors (Lipinski definition) is 1. The summed E-state index contributed by atoms with van der Waals surface area (Å²) in [6, 6.07) is 22.7. The van der Waals surface area contributed by atoms with Gasteiger partial charge in [-0.1, -0.05) is 111 Å². The van der Waals surface area contributed by atoms with Crippen molar-refractivity contribution in [3.63, 3.8) is 0 Å². The smallest absolute Gasteiger partial charge is 0.537 e. The quantitative estimate of drug-likeness (QED) is 0.149. The molecule has 10 heteroatoms. The number of ether oxygens (including phenoxy) is 2. The molecule has 55 heavy (non-hydrogen) atoms. The van der Waals surface area contributed by atoms with Gasteiger partial charge in [-0.3, -0.25) is 0 Å². The van der Waals surface area contributed by atoms with Crippen molar-refractivity contribution < 1.29 is 36.7 Å². The van der Waals surface area contributed by atoms with Crippen LogP contribution in [0, 0.1) is 46.9 Å². The minimum atomic E-state index is -0.748. The Labute approximate surface area is 333 Å². The van der Waals surface area contributed by atoms with E-state index in [2.05, 4.69) is 44.8 Å². The van der Waals surface area contributed by atoms with Crippen LogP contribution >= 0.6 is 15.9 Å². The van der Waals surface area contributed by atoms with Gasteiger partial charge in [0, 0.05) is 28.7 Å². The normalized spacial score (nSPS) is 22.7. The van der Waals surface area contributed by atoms with Crippen LogP contribution in [0.2, 0.25) is 0 Å². The van der Waals surface area contributed by atoms with Gasteiger partial charge in [0.1, 0.15) is 29.0 Å². The van der Waals surface area contributed by atoms with E-state index in [4.69, 9.17) is 14.5 Å². The van der Waals surface area contributed by atoms with Crippen LogP contribution in [0.3, 0.4) is 0 Å². The molecule has 0 aromatic heterocycles. The lowest BCUT2D eigenvalue weighted by atomic mass is 9.84. The summed E-state index contributed by atoms with van der Waals surface area (Å²) in [5.41, 5.74) is 3.88. The number of halogens is 5. The SMILES string of the molecule is Brc1ccc(C2CCC(C3CCCC3)CO2)cc1.C.Fc1cc(F)cc(-c2ccc(C3CCC(C4CCCC4)CO3)cc2)c1.O[B]Oc1cc(F)cc(F)c1. The van der Waals surface area contributed by atoms with Crippen LogP contribution in [0.25, 0.3) is 11.1 Å². The van der Waals surface area contributed by atoms with Crippen LogP contribution < -0.4 is 4.65 Å². The molecular formula is C45H53BBrF4O4. The van der Waals surface area contributed by atoms with E-state index in [0.29, 0.717) is 25.4 Å². The highest BCUT2D eigenvalue weighted by Gasteiger charge is 2.31. The minimum absolute atomic E-state index is 0. The topological polar surface area (TPSA) is 47.9 Å². The molecule has 2 heterocycles. The zero-order valence-corrected chi connectivity index (χ0v) is 32.2. The Bertz CT molecular complexity index is 1690. The zero-order chi connectivity index (χ0) is 37.9. The van der Waals surface area contributed by atoms with Gasteiger partial charge in [-0.15, -0.1) is 0 Å². The Morgan fingerprint density at radius 1 is 0.527 bits per heavy atom. The first-order valence-electron chi connectivity index (χ1n) is 19.4. The Balaban J connectivity index is 0.000000170. The third kappa shape index (κ3) is 12.7. The summed E-state index contributed by atoms with van der Waals surface area (Å²) in [5, 5.41) is 8.11. The van der Waals surface area contributed by atoms with Crippen molar-refractivity contribution in [2.24, 2.45) is 23.7 Å². The second-order valence-corrected chi connectivity index (χ2v) is 16.0. The molecule has 4 aromatic carbocycles. The largest absolute Gasteiger partial charge is 0.569 e. The Morgan fingerprint density at radius 2 is 0.945 bits per heavy atom. The van der Waals surface area contributed by atoms with Crippen LogP contribution in [-0.4, -0.2) is 25.9 Å². The fraction of sp³-hybridized carbons (Fsp3) is 0.467. The monoisotopic (exact) mass is 823 g/mol. The third-order valence-electron chi connectivity index (χ3n) is 11.5. The lowest BCUT2D eigenvalue weighted by Gasteiger charge is -2.32. The second kappa shape index (κ2) is 21.4. The molecule has 0 bridgehead atoms.